The highest BCUT2D eigenvalue weighted by Gasteiger charge is 2.23. The molecule has 1 aromatic heterocycles. The Morgan fingerprint density at radius 2 is 2.07 bits per heavy atom. The van der Waals surface area contributed by atoms with E-state index < -0.39 is 23.1 Å². The summed E-state index contributed by atoms with van der Waals surface area (Å²) in [5.74, 6) is -0.565. The number of aromatic nitrogens is 2. The minimum Gasteiger partial charge on any atom is -0.482 e. The average Bonchev–Trinajstić information content (AvgIpc) is 2.63. The highest BCUT2D eigenvalue weighted by atomic mass is 35.5. The lowest BCUT2D eigenvalue weighted by molar-refractivity contribution is -0.383. The Balaban J connectivity index is 1.99. The highest BCUT2D eigenvalue weighted by Crippen LogP contribution is 2.28. The number of benzene rings is 1. The van der Waals surface area contributed by atoms with Crippen LogP contribution in [0.5, 0.6) is 5.75 Å². The Morgan fingerprint density at radius 3 is 2.74 bits per heavy atom. The Labute approximate surface area is 163 Å². The summed E-state index contributed by atoms with van der Waals surface area (Å²) in [5.41, 5.74) is 4.20. The van der Waals surface area contributed by atoms with Gasteiger partial charge in [0.05, 0.1) is 9.95 Å². The van der Waals surface area contributed by atoms with Crippen LogP contribution in [0.4, 0.5) is 17.3 Å². The van der Waals surface area contributed by atoms with E-state index in [-0.39, 0.29) is 29.0 Å². The van der Waals surface area contributed by atoms with Crippen LogP contribution in [0.2, 0.25) is 10.0 Å². The molecule has 0 aliphatic rings. The number of hydrogen-bond donors (Lipinski definition) is 3. The second kappa shape index (κ2) is 9.55. The minimum absolute atomic E-state index is 0.0177. The van der Waals surface area contributed by atoms with Gasteiger partial charge in [0.1, 0.15) is 12.1 Å². The molecule has 0 spiro atoms. The summed E-state index contributed by atoms with van der Waals surface area (Å²) in [4.78, 5) is 30.1. The van der Waals surface area contributed by atoms with Gasteiger partial charge in [-0.05, 0) is 18.2 Å². The molecule has 0 aliphatic carbocycles. The number of halogens is 2. The van der Waals surface area contributed by atoms with Crippen LogP contribution in [0.1, 0.15) is 0 Å². The largest absolute Gasteiger partial charge is 0.482 e. The standard InChI is InChI=1S/C15H14Cl2N6O4/c1-2-5-18-14-13(23(25)26)15(20-8-19-14)22-21-12(24)7-27-11-4-3-9(16)6-10(11)17/h2-4,6,8H,1,5,7H2,(H,21,24)(H2,18,19,20,22). The van der Waals surface area contributed by atoms with Crippen LogP contribution in [-0.2, 0) is 4.79 Å². The average molecular weight is 413 g/mol. The fourth-order valence-electron chi connectivity index (χ4n) is 1.84. The van der Waals surface area contributed by atoms with Crippen LogP contribution < -0.4 is 20.9 Å². The first-order chi connectivity index (χ1) is 12.9. The molecular weight excluding hydrogens is 399 g/mol. The summed E-state index contributed by atoms with van der Waals surface area (Å²) in [7, 11) is 0. The molecule has 12 heteroatoms. The number of hydrazine groups is 1. The quantitative estimate of drug-likeness (QED) is 0.325. The number of hydrogen-bond acceptors (Lipinski definition) is 8. The maximum absolute atomic E-state index is 11.9. The van der Waals surface area contributed by atoms with Gasteiger partial charge in [-0.1, -0.05) is 29.3 Å². The Kier molecular flexibility index (Phi) is 7.15. The van der Waals surface area contributed by atoms with Gasteiger partial charge in [0, 0.05) is 11.6 Å². The number of carbonyl (C=O) groups is 1. The van der Waals surface area contributed by atoms with Gasteiger partial charge in [0.15, 0.2) is 6.61 Å². The van der Waals surface area contributed by atoms with Gasteiger partial charge >= 0.3 is 5.69 Å². The van der Waals surface area contributed by atoms with Crippen LogP contribution >= 0.6 is 23.2 Å². The number of amides is 1. The topological polar surface area (TPSA) is 131 Å². The van der Waals surface area contributed by atoms with Crippen molar-refractivity contribution >= 4 is 46.4 Å². The number of nitrogens with zero attached hydrogens (tertiary/aromatic N) is 3. The van der Waals surface area contributed by atoms with Crippen molar-refractivity contribution in [2.45, 2.75) is 0 Å². The molecule has 0 saturated carbocycles. The van der Waals surface area contributed by atoms with E-state index >= 15 is 0 Å². The molecular formula is C15H14Cl2N6O4. The number of nitro groups is 1. The third-order valence-electron chi connectivity index (χ3n) is 2.99. The fourth-order valence-corrected chi connectivity index (χ4v) is 2.31. The molecule has 1 heterocycles. The second-order valence-electron chi connectivity index (χ2n) is 4.88. The lowest BCUT2D eigenvalue weighted by atomic mass is 10.3. The molecule has 0 radical (unpaired) electrons. The molecule has 0 saturated heterocycles. The van der Waals surface area contributed by atoms with Gasteiger partial charge in [-0.15, -0.1) is 6.58 Å². The molecule has 2 aromatic rings. The van der Waals surface area contributed by atoms with Crippen LogP contribution in [0, 0.1) is 10.1 Å². The lowest BCUT2D eigenvalue weighted by Crippen LogP contribution is -2.34. The zero-order chi connectivity index (χ0) is 19.8. The zero-order valence-corrected chi connectivity index (χ0v) is 15.3. The lowest BCUT2D eigenvalue weighted by Gasteiger charge is -2.11. The van der Waals surface area contributed by atoms with Gasteiger partial charge in [-0.25, -0.2) is 9.97 Å². The van der Waals surface area contributed by atoms with Gasteiger partial charge in [0.25, 0.3) is 5.91 Å². The maximum atomic E-state index is 11.9. The predicted molar refractivity (Wildman–Crippen MR) is 101 cm³/mol. The highest BCUT2D eigenvalue weighted by molar-refractivity contribution is 6.35. The predicted octanol–water partition coefficient (Wildman–Crippen LogP) is 2.81. The zero-order valence-electron chi connectivity index (χ0n) is 13.7. The van der Waals surface area contributed by atoms with Crippen LogP contribution in [0.3, 0.4) is 0 Å². The molecule has 142 valence electrons. The summed E-state index contributed by atoms with van der Waals surface area (Å²) in [6.07, 6.45) is 2.62. The van der Waals surface area contributed by atoms with Crippen molar-refractivity contribution in [2.75, 3.05) is 23.9 Å². The Hall–Kier alpha value is -3.11. The van der Waals surface area contributed by atoms with Crippen molar-refractivity contribution in [1.29, 1.82) is 0 Å². The first kappa shape index (κ1) is 20.2. The maximum Gasteiger partial charge on any atom is 0.354 e. The molecule has 0 atom stereocenters. The monoisotopic (exact) mass is 412 g/mol. The van der Waals surface area contributed by atoms with Crippen molar-refractivity contribution < 1.29 is 14.5 Å². The SMILES string of the molecule is C=CCNc1ncnc(NNC(=O)COc2ccc(Cl)cc2Cl)c1[N+](=O)[O-]. The van der Waals surface area contributed by atoms with Crippen LogP contribution in [0.15, 0.2) is 37.2 Å². The third-order valence-corrected chi connectivity index (χ3v) is 3.52. The Morgan fingerprint density at radius 1 is 1.33 bits per heavy atom. The number of anilines is 2. The molecule has 0 aliphatic heterocycles. The van der Waals surface area contributed by atoms with Gasteiger partial charge in [-0.2, -0.15) is 0 Å². The molecule has 3 N–H and O–H groups in total. The summed E-state index contributed by atoms with van der Waals surface area (Å²) in [6.45, 7) is 3.38. The van der Waals surface area contributed by atoms with Gasteiger partial charge in [0.2, 0.25) is 11.6 Å². The fraction of sp³-hybridized carbons (Fsp3) is 0.133. The van der Waals surface area contributed by atoms with E-state index in [9.17, 15) is 14.9 Å². The molecule has 27 heavy (non-hydrogen) atoms. The van der Waals surface area contributed by atoms with Gasteiger partial charge < -0.3 is 10.1 Å². The Bertz CT molecular complexity index is 864. The summed E-state index contributed by atoms with van der Waals surface area (Å²) < 4.78 is 5.26. The van der Waals surface area contributed by atoms with E-state index in [2.05, 4.69) is 32.7 Å². The smallest absolute Gasteiger partial charge is 0.354 e. The molecule has 1 amide bonds. The first-order valence-corrected chi connectivity index (χ1v) is 8.14. The first-order valence-electron chi connectivity index (χ1n) is 7.39. The van der Waals surface area contributed by atoms with E-state index in [1.165, 1.54) is 18.2 Å². The van der Waals surface area contributed by atoms with E-state index in [0.29, 0.717) is 5.02 Å². The summed E-state index contributed by atoms with van der Waals surface area (Å²) in [5, 5.41) is 14.7. The van der Waals surface area contributed by atoms with E-state index in [4.69, 9.17) is 27.9 Å². The third kappa shape index (κ3) is 5.69. The van der Waals surface area contributed by atoms with Crippen LogP contribution in [-0.4, -0.2) is 34.0 Å². The van der Waals surface area contributed by atoms with Crippen molar-refractivity contribution in [3.05, 3.63) is 57.3 Å². The number of ether oxygens (including phenoxy) is 1. The van der Waals surface area contributed by atoms with E-state index in [0.717, 1.165) is 6.33 Å². The van der Waals surface area contributed by atoms with Crippen molar-refractivity contribution in [3.63, 3.8) is 0 Å². The van der Waals surface area contributed by atoms with Crippen molar-refractivity contribution in [2.24, 2.45) is 0 Å². The van der Waals surface area contributed by atoms with Crippen LogP contribution in [0.25, 0.3) is 0 Å². The summed E-state index contributed by atoms with van der Waals surface area (Å²) in [6, 6.07) is 4.54. The normalized spacial score (nSPS) is 10.0. The van der Waals surface area contributed by atoms with E-state index in [1.807, 2.05) is 0 Å². The van der Waals surface area contributed by atoms with Crippen molar-refractivity contribution in [1.82, 2.24) is 15.4 Å². The summed E-state index contributed by atoms with van der Waals surface area (Å²) >= 11 is 11.7. The molecule has 0 bridgehead atoms. The molecule has 0 unspecified atom stereocenters. The van der Waals surface area contributed by atoms with E-state index in [1.54, 1.807) is 6.07 Å². The number of rotatable bonds is 9. The van der Waals surface area contributed by atoms with Crippen molar-refractivity contribution in [3.8, 4) is 5.75 Å². The molecule has 1 aromatic carbocycles. The number of carbonyl (C=O) groups excluding carboxylic acids is 1. The molecule has 2 rings (SSSR count). The molecule has 10 nitrogen and oxygen atoms in total. The minimum atomic E-state index is -0.677. The number of nitrogens with one attached hydrogen (secondary N) is 3. The molecule has 0 fully saturated rings. The van der Waals surface area contributed by atoms with Gasteiger partial charge in [-0.3, -0.25) is 25.8 Å². The second-order valence-corrected chi connectivity index (χ2v) is 5.73.